The number of aromatic hydroxyl groups is 1. The molecule has 0 radical (unpaired) electrons. The lowest BCUT2D eigenvalue weighted by Crippen LogP contribution is -2.34. The number of nitrogens with zero attached hydrogens (tertiary/aromatic N) is 1. The van der Waals surface area contributed by atoms with Crippen LogP contribution in [0.15, 0.2) is 72.8 Å². The van der Waals surface area contributed by atoms with E-state index in [9.17, 15) is 9.90 Å². The smallest absolute Gasteiger partial charge is 0.338 e. The molecule has 3 rings (SSSR count). The molecule has 0 amide bonds. The van der Waals surface area contributed by atoms with Gasteiger partial charge in [0.2, 0.25) is 0 Å². The number of benzene rings is 3. The third-order valence-corrected chi connectivity index (χ3v) is 4.92. The Balaban J connectivity index is 1.83. The van der Waals surface area contributed by atoms with Crippen LogP contribution in [0.2, 0.25) is 0 Å². The molecule has 0 aliphatic rings. The number of nitrogens with one attached hydrogen (secondary N) is 1. The minimum absolute atomic E-state index is 0.197. The third-order valence-electron chi connectivity index (χ3n) is 4.60. The Kier molecular flexibility index (Phi) is 7.45. The molecule has 0 saturated carbocycles. The fourth-order valence-electron chi connectivity index (χ4n) is 2.95. The number of hydrogen-bond acceptors (Lipinski definition) is 5. The van der Waals surface area contributed by atoms with E-state index in [1.165, 1.54) is 0 Å². The predicted octanol–water partition coefficient (Wildman–Crippen LogP) is 4.98. The molecule has 0 atom stereocenters. The van der Waals surface area contributed by atoms with Crippen molar-refractivity contribution in [3.63, 3.8) is 0 Å². The van der Waals surface area contributed by atoms with Crippen LogP contribution in [-0.2, 0) is 11.3 Å². The number of phenolic OH excluding ortho intramolecular Hbond substituents is 1. The van der Waals surface area contributed by atoms with Crippen LogP contribution in [0.5, 0.6) is 11.5 Å². The molecule has 0 aliphatic heterocycles. The zero-order valence-corrected chi connectivity index (χ0v) is 18.2. The van der Waals surface area contributed by atoms with E-state index in [1.54, 1.807) is 50.4 Å². The summed E-state index contributed by atoms with van der Waals surface area (Å²) in [6.07, 6.45) is 0. The number of carbonyl (C=O) groups is 1. The van der Waals surface area contributed by atoms with Crippen molar-refractivity contribution >= 4 is 34.7 Å². The summed E-state index contributed by atoms with van der Waals surface area (Å²) in [7, 11) is 1.61. The van der Waals surface area contributed by atoms with Gasteiger partial charge in [-0.05, 0) is 73.7 Å². The quantitative estimate of drug-likeness (QED) is 0.400. The molecule has 0 aromatic heterocycles. The monoisotopic (exact) mass is 436 g/mol. The van der Waals surface area contributed by atoms with E-state index in [0.29, 0.717) is 23.8 Å². The Bertz CT molecular complexity index is 1040. The van der Waals surface area contributed by atoms with Crippen LogP contribution in [0.1, 0.15) is 22.8 Å². The molecule has 0 bridgehead atoms. The van der Waals surface area contributed by atoms with Gasteiger partial charge in [-0.2, -0.15) is 0 Å². The van der Waals surface area contributed by atoms with Crippen molar-refractivity contribution in [3.05, 3.63) is 83.9 Å². The second-order valence-electron chi connectivity index (χ2n) is 6.64. The molecule has 3 aromatic rings. The first-order chi connectivity index (χ1) is 15.0. The molecule has 7 heteroatoms. The van der Waals surface area contributed by atoms with Crippen LogP contribution in [0.4, 0.5) is 11.4 Å². The van der Waals surface area contributed by atoms with Gasteiger partial charge < -0.3 is 24.8 Å². The van der Waals surface area contributed by atoms with Gasteiger partial charge in [0, 0.05) is 16.9 Å². The second-order valence-corrected chi connectivity index (χ2v) is 7.03. The molecule has 2 N–H and O–H groups in total. The molecule has 0 unspecified atom stereocenters. The first-order valence-electron chi connectivity index (χ1n) is 9.78. The van der Waals surface area contributed by atoms with Crippen molar-refractivity contribution < 1.29 is 19.4 Å². The van der Waals surface area contributed by atoms with Gasteiger partial charge in [-0.3, -0.25) is 0 Å². The summed E-state index contributed by atoms with van der Waals surface area (Å²) in [6, 6.07) is 21.5. The number of methoxy groups -OCH3 is 1. The van der Waals surface area contributed by atoms with Gasteiger partial charge >= 0.3 is 5.97 Å². The maximum atomic E-state index is 11.8. The molecule has 0 heterocycles. The normalized spacial score (nSPS) is 10.3. The molecule has 3 aromatic carbocycles. The minimum atomic E-state index is -0.365. The molecular formula is C24H24N2O4S. The van der Waals surface area contributed by atoms with Gasteiger partial charge in [0.1, 0.15) is 11.5 Å². The van der Waals surface area contributed by atoms with Crippen LogP contribution < -0.4 is 15.0 Å². The summed E-state index contributed by atoms with van der Waals surface area (Å²) >= 11 is 5.68. The summed E-state index contributed by atoms with van der Waals surface area (Å²) in [4.78, 5) is 13.7. The maximum absolute atomic E-state index is 11.8. The third kappa shape index (κ3) is 5.73. The molecule has 160 valence electrons. The van der Waals surface area contributed by atoms with Crippen LogP contribution in [-0.4, -0.2) is 29.9 Å². The van der Waals surface area contributed by atoms with Crippen molar-refractivity contribution in [3.8, 4) is 11.5 Å². The largest absolute Gasteiger partial charge is 0.508 e. The Morgan fingerprint density at radius 3 is 2.32 bits per heavy atom. The van der Waals surface area contributed by atoms with Crippen LogP contribution >= 0.6 is 12.2 Å². The van der Waals surface area contributed by atoms with Gasteiger partial charge in [-0.1, -0.05) is 18.2 Å². The highest BCUT2D eigenvalue weighted by molar-refractivity contribution is 7.80. The Hall–Kier alpha value is -3.58. The van der Waals surface area contributed by atoms with Gasteiger partial charge in [0.15, 0.2) is 5.11 Å². The number of para-hydroxylation sites is 1. The van der Waals surface area contributed by atoms with E-state index in [-0.39, 0.29) is 11.7 Å². The number of ether oxygens (including phenoxy) is 2. The SMILES string of the molecule is CCOC(=O)c1ccc(NC(=S)N(Cc2ccccc2O)c2ccc(OC)cc2)cc1. The lowest BCUT2D eigenvalue weighted by atomic mass is 10.1. The highest BCUT2D eigenvalue weighted by atomic mass is 32.1. The summed E-state index contributed by atoms with van der Waals surface area (Å²) in [6.45, 7) is 2.46. The molecule has 0 fully saturated rings. The second kappa shape index (κ2) is 10.4. The van der Waals surface area contributed by atoms with E-state index >= 15 is 0 Å². The average molecular weight is 437 g/mol. The molecule has 0 aliphatic carbocycles. The zero-order valence-electron chi connectivity index (χ0n) is 17.4. The lowest BCUT2D eigenvalue weighted by molar-refractivity contribution is 0.0526. The fraction of sp³-hybridized carbons (Fsp3) is 0.167. The first-order valence-corrected chi connectivity index (χ1v) is 10.2. The van der Waals surface area contributed by atoms with Gasteiger partial charge in [0.05, 0.1) is 25.8 Å². The molecule has 31 heavy (non-hydrogen) atoms. The molecular weight excluding hydrogens is 412 g/mol. The summed E-state index contributed by atoms with van der Waals surface area (Å²) < 4.78 is 10.3. The van der Waals surface area contributed by atoms with E-state index in [2.05, 4.69) is 5.32 Å². The van der Waals surface area contributed by atoms with Crippen LogP contribution in [0.25, 0.3) is 0 Å². The number of phenols is 1. The van der Waals surface area contributed by atoms with Crippen LogP contribution in [0, 0.1) is 0 Å². The summed E-state index contributed by atoms with van der Waals surface area (Å²) in [5.74, 6) is 0.568. The topological polar surface area (TPSA) is 71.0 Å². The number of anilines is 2. The van der Waals surface area contributed by atoms with Gasteiger partial charge in [-0.15, -0.1) is 0 Å². The minimum Gasteiger partial charge on any atom is -0.508 e. The van der Waals surface area contributed by atoms with Crippen LogP contribution in [0.3, 0.4) is 0 Å². The number of thiocarbonyl (C=S) groups is 1. The highest BCUT2D eigenvalue weighted by Gasteiger charge is 2.16. The number of rotatable bonds is 7. The molecule has 0 spiro atoms. The molecule has 0 saturated heterocycles. The average Bonchev–Trinajstić information content (AvgIpc) is 2.79. The fourth-order valence-corrected chi connectivity index (χ4v) is 3.24. The maximum Gasteiger partial charge on any atom is 0.338 e. The van der Waals surface area contributed by atoms with Gasteiger partial charge in [0.25, 0.3) is 0 Å². The van der Waals surface area contributed by atoms with Crippen molar-refractivity contribution in [1.82, 2.24) is 0 Å². The predicted molar refractivity (Wildman–Crippen MR) is 126 cm³/mol. The summed E-state index contributed by atoms with van der Waals surface area (Å²) in [5.41, 5.74) is 2.78. The van der Waals surface area contributed by atoms with Gasteiger partial charge in [-0.25, -0.2) is 4.79 Å². The zero-order chi connectivity index (χ0) is 22.2. The summed E-state index contributed by atoms with van der Waals surface area (Å²) in [5, 5.41) is 13.9. The van der Waals surface area contributed by atoms with E-state index in [1.807, 2.05) is 41.3 Å². The standard InChI is InChI=1S/C24H24N2O4S/c1-3-30-23(28)17-8-10-19(11-9-17)25-24(31)26(16-18-6-4-5-7-22(18)27)20-12-14-21(29-2)15-13-20/h4-15,27H,3,16H2,1-2H3,(H,25,31). The van der Waals surface area contributed by atoms with Crippen molar-refractivity contribution in [2.75, 3.05) is 23.9 Å². The van der Waals surface area contributed by atoms with E-state index in [4.69, 9.17) is 21.7 Å². The Labute approximate surface area is 187 Å². The number of esters is 1. The van der Waals surface area contributed by atoms with Crippen molar-refractivity contribution in [2.24, 2.45) is 0 Å². The first kappa shape index (κ1) is 22.1. The highest BCUT2D eigenvalue weighted by Crippen LogP contribution is 2.25. The van der Waals surface area contributed by atoms with E-state index in [0.717, 1.165) is 22.7 Å². The Morgan fingerprint density at radius 2 is 1.71 bits per heavy atom. The van der Waals surface area contributed by atoms with Crippen molar-refractivity contribution in [1.29, 1.82) is 0 Å². The molecule has 6 nitrogen and oxygen atoms in total. The Morgan fingerprint density at radius 1 is 1.03 bits per heavy atom. The number of hydrogen-bond donors (Lipinski definition) is 2. The number of carbonyl (C=O) groups excluding carboxylic acids is 1. The van der Waals surface area contributed by atoms with E-state index < -0.39 is 0 Å². The lowest BCUT2D eigenvalue weighted by Gasteiger charge is -2.26. The van der Waals surface area contributed by atoms with Crippen molar-refractivity contribution in [2.45, 2.75) is 13.5 Å².